The average molecular weight is 1010 g/mol. The van der Waals surface area contributed by atoms with E-state index in [9.17, 15) is 55.1 Å². The van der Waals surface area contributed by atoms with Gasteiger partial charge in [0.15, 0.2) is 24.8 Å². The first-order chi connectivity index (χ1) is 34.6. The summed E-state index contributed by atoms with van der Waals surface area (Å²) in [7, 11) is 0. The van der Waals surface area contributed by atoms with Crippen molar-refractivity contribution in [1.82, 2.24) is 25.3 Å². The van der Waals surface area contributed by atoms with Crippen LogP contribution >= 0.6 is 0 Å². The maximum Gasteiger partial charge on any atom is 0.338 e. The van der Waals surface area contributed by atoms with E-state index in [1.807, 2.05) is 0 Å². The van der Waals surface area contributed by atoms with Gasteiger partial charge < -0.3 is 69.4 Å². The average Bonchev–Trinajstić information content (AvgIpc) is 4.02. The summed E-state index contributed by atoms with van der Waals surface area (Å²) in [4.78, 5) is 54.9. The molecule has 8 N–H and O–H groups in total. The van der Waals surface area contributed by atoms with Crippen LogP contribution in [-0.2, 0) is 57.5 Å². The van der Waals surface area contributed by atoms with E-state index in [0.717, 1.165) is 48.6 Å². The molecule has 15 atom stereocenters. The van der Waals surface area contributed by atoms with Crippen LogP contribution in [-0.4, -0.2) is 160 Å². The van der Waals surface area contributed by atoms with Crippen molar-refractivity contribution >= 4 is 34.4 Å². The molecule has 23 heteroatoms. The van der Waals surface area contributed by atoms with Crippen LogP contribution in [0.2, 0.25) is 0 Å². The van der Waals surface area contributed by atoms with E-state index < -0.39 is 121 Å². The Labute approximate surface area is 413 Å². The molecule has 72 heavy (non-hydrogen) atoms. The third kappa shape index (κ3) is 12.3. The van der Waals surface area contributed by atoms with Gasteiger partial charge in [0.2, 0.25) is 5.91 Å². The molecule has 1 amide bonds. The number of ether oxygens (including phenoxy) is 6. The number of nitrogens with one attached hydrogen (secondary N) is 2. The van der Waals surface area contributed by atoms with Gasteiger partial charge in [0, 0.05) is 41.7 Å². The molecule has 4 aliphatic rings. The van der Waals surface area contributed by atoms with Crippen molar-refractivity contribution in [1.29, 1.82) is 0 Å². The lowest BCUT2D eigenvalue weighted by Crippen LogP contribution is -2.64. The molecular weight excluding hydrogens is 945 g/mol. The number of carboxylic acids is 1. The van der Waals surface area contributed by atoms with Crippen molar-refractivity contribution in [3.8, 4) is 0 Å². The molecule has 2 aliphatic carbocycles. The Morgan fingerprint density at radius 3 is 2.42 bits per heavy atom. The van der Waals surface area contributed by atoms with E-state index in [1.54, 1.807) is 48.3 Å². The SMILES string of the molecule is CC1O[C@@H](OC2[C@H](C)CC(C(=O)NCc3cn(CCc4c[nH]c5ccc([N+](=O)[O-])cc45)nn3)C[C@H]2O[C@@H]2O[C@@H](CO)[C@H](O)C(O[C@@H](CC3CCCCC3)C(=O)O)C2OC(=O)c2ccccc2)[C@@H](O)C(O)[C@@H]1O. The van der Waals surface area contributed by atoms with Gasteiger partial charge in [-0.15, -0.1) is 5.10 Å². The number of carbonyl (C=O) groups excluding carboxylic acids is 2. The molecule has 0 spiro atoms. The number of aliphatic hydroxyl groups excluding tert-OH is 5. The Kier molecular flexibility index (Phi) is 17.3. The van der Waals surface area contributed by atoms with Gasteiger partial charge in [-0.2, -0.15) is 0 Å². The first kappa shape index (κ1) is 52.8. The monoisotopic (exact) mass is 1010 g/mol. The lowest BCUT2D eigenvalue weighted by Gasteiger charge is -2.48. The number of hydrogen-bond acceptors (Lipinski definition) is 18. The third-order valence-corrected chi connectivity index (χ3v) is 14.4. The highest BCUT2D eigenvalue weighted by atomic mass is 16.7. The summed E-state index contributed by atoms with van der Waals surface area (Å²) in [6, 6.07) is 12.5. The number of aliphatic carboxylic acids is 1. The van der Waals surface area contributed by atoms with Gasteiger partial charge in [0.1, 0.15) is 42.3 Å². The summed E-state index contributed by atoms with van der Waals surface area (Å²) in [5.41, 5.74) is 2.13. The molecule has 8 rings (SSSR count). The number of benzene rings is 2. The number of rotatable bonds is 19. The van der Waals surface area contributed by atoms with Crippen LogP contribution in [0.15, 0.2) is 60.9 Å². The highest BCUT2D eigenvalue weighted by molar-refractivity contribution is 5.89. The van der Waals surface area contributed by atoms with Crippen LogP contribution in [0.4, 0.5) is 5.69 Å². The number of carbonyl (C=O) groups is 3. The molecule has 2 saturated carbocycles. The topological polar surface area (TPSA) is 330 Å². The second-order valence-corrected chi connectivity index (χ2v) is 19.5. The number of esters is 1. The number of nitro groups is 1. The fraction of sp³-hybridized carbons (Fsp3) is 0.612. The Bertz CT molecular complexity index is 2470. The van der Waals surface area contributed by atoms with Crippen LogP contribution in [0.5, 0.6) is 0 Å². The normalized spacial score (nSPS) is 31.7. The van der Waals surface area contributed by atoms with Crippen molar-refractivity contribution in [2.45, 2.75) is 164 Å². The van der Waals surface area contributed by atoms with Gasteiger partial charge in [0.05, 0.1) is 48.1 Å². The van der Waals surface area contributed by atoms with Gasteiger partial charge in [-0.05, 0) is 68.2 Å². The van der Waals surface area contributed by atoms with Gasteiger partial charge in [-0.3, -0.25) is 19.6 Å². The number of aliphatic hydroxyl groups is 5. The molecule has 6 unspecified atom stereocenters. The van der Waals surface area contributed by atoms with Crippen LogP contribution in [0.25, 0.3) is 10.9 Å². The number of non-ortho nitro benzene ring substituents is 1. The van der Waals surface area contributed by atoms with Crippen LogP contribution in [0, 0.1) is 27.9 Å². The Hall–Kier alpha value is -5.47. The minimum Gasteiger partial charge on any atom is -0.479 e. The van der Waals surface area contributed by atoms with Crippen molar-refractivity contribution in [2.24, 2.45) is 17.8 Å². The number of nitro benzene ring substituents is 1. The zero-order valence-corrected chi connectivity index (χ0v) is 40.0. The number of fused-ring (bicyclic) bond motifs is 1. The van der Waals surface area contributed by atoms with E-state index >= 15 is 0 Å². The van der Waals surface area contributed by atoms with Gasteiger partial charge >= 0.3 is 11.9 Å². The predicted octanol–water partition coefficient (Wildman–Crippen LogP) is 2.28. The predicted molar refractivity (Wildman–Crippen MR) is 249 cm³/mol. The smallest absolute Gasteiger partial charge is 0.338 e. The van der Waals surface area contributed by atoms with Gasteiger partial charge in [-0.1, -0.05) is 62.4 Å². The van der Waals surface area contributed by atoms with Gasteiger partial charge in [-0.25, -0.2) is 9.59 Å². The van der Waals surface area contributed by atoms with E-state index in [1.165, 1.54) is 31.2 Å². The highest BCUT2D eigenvalue weighted by Crippen LogP contribution is 2.39. The molecule has 2 saturated heterocycles. The fourth-order valence-corrected chi connectivity index (χ4v) is 10.4. The Morgan fingerprint density at radius 1 is 0.931 bits per heavy atom. The van der Waals surface area contributed by atoms with E-state index in [2.05, 4.69) is 20.6 Å². The number of aromatic amines is 1. The number of amides is 1. The second-order valence-electron chi connectivity index (χ2n) is 19.5. The molecule has 0 radical (unpaired) electrons. The highest BCUT2D eigenvalue weighted by Gasteiger charge is 2.54. The Morgan fingerprint density at radius 2 is 1.69 bits per heavy atom. The number of aryl methyl sites for hydroxylation is 2. The fourth-order valence-electron chi connectivity index (χ4n) is 10.4. The van der Waals surface area contributed by atoms with Crippen LogP contribution < -0.4 is 5.32 Å². The molecule has 4 heterocycles. The lowest BCUT2D eigenvalue weighted by molar-refractivity contribution is -0.384. The standard InChI is InChI=1S/C49H64N6O17/c1-25-17-30(45(61)51-22-31-23-54(53-52-31)16-15-29-21-50-34-14-13-32(55(65)66)20-33(29)34)19-35(42(25)72-48-41(60)40(59)38(57)26(2)67-48)69-49-44(71-47(64)28-11-7-4-8-12-28)43(39(58)37(24-56)70-49)68-36(46(62)63)18-27-9-5-3-6-10-27/h4,7-8,11-14,20-21,23,25-27,30,35-44,48-50,56-60H,3,5-6,9-10,15-19,22,24H2,1-2H3,(H,51,61)(H,62,63)/t25-,26?,30?,35-,36+,37+,38-,39+,40?,41+,42?,43?,44?,48+,49-/m1/s1. The first-order valence-electron chi connectivity index (χ1n) is 24.6. The summed E-state index contributed by atoms with van der Waals surface area (Å²) in [6.07, 6.45) is -10.4. The molecule has 2 aliphatic heterocycles. The van der Waals surface area contributed by atoms with E-state index in [4.69, 9.17) is 28.4 Å². The number of aromatic nitrogens is 4. The molecular formula is C49H64N6O17. The second kappa shape index (κ2) is 23.6. The number of hydrogen-bond donors (Lipinski definition) is 8. The summed E-state index contributed by atoms with van der Waals surface area (Å²) in [5, 5.41) is 88.3. The maximum absolute atomic E-state index is 14.1. The first-order valence-corrected chi connectivity index (χ1v) is 24.6. The van der Waals surface area contributed by atoms with Crippen molar-refractivity contribution in [2.75, 3.05) is 6.61 Å². The Balaban J connectivity index is 1.03. The maximum atomic E-state index is 14.1. The summed E-state index contributed by atoms with van der Waals surface area (Å²) >= 11 is 0. The summed E-state index contributed by atoms with van der Waals surface area (Å²) in [6.45, 7) is 2.84. The van der Waals surface area contributed by atoms with Crippen molar-refractivity contribution < 1.29 is 78.4 Å². The number of nitrogens with zero attached hydrogens (tertiary/aromatic N) is 4. The third-order valence-electron chi connectivity index (χ3n) is 14.4. The minimum absolute atomic E-state index is 0.0153. The molecule has 2 aromatic heterocycles. The molecule has 392 valence electrons. The van der Waals surface area contributed by atoms with Crippen molar-refractivity contribution in [3.63, 3.8) is 0 Å². The van der Waals surface area contributed by atoms with E-state index in [0.29, 0.717) is 18.7 Å². The zero-order chi connectivity index (χ0) is 51.2. The molecule has 0 bridgehead atoms. The largest absolute Gasteiger partial charge is 0.479 e. The number of carboxylic acid groups (broad SMARTS) is 1. The van der Waals surface area contributed by atoms with E-state index in [-0.39, 0.29) is 43.0 Å². The van der Waals surface area contributed by atoms with Gasteiger partial charge in [0.25, 0.3) is 5.69 Å². The molecule has 23 nitrogen and oxygen atoms in total. The zero-order valence-electron chi connectivity index (χ0n) is 40.0. The molecule has 4 aromatic rings. The number of H-pyrrole nitrogens is 1. The summed E-state index contributed by atoms with van der Waals surface area (Å²) in [5.74, 6) is -3.91. The molecule has 2 aromatic carbocycles. The molecule has 4 fully saturated rings. The van der Waals surface area contributed by atoms with Crippen LogP contribution in [0.1, 0.15) is 86.8 Å². The minimum atomic E-state index is -1.72. The van der Waals surface area contributed by atoms with Crippen molar-refractivity contribution in [3.05, 3.63) is 87.9 Å². The quantitative estimate of drug-likeness (QED) is 0.0379. The summed E-state index contributed by atoms with van der Waals surface area (Å²) < 4.78 is 39.0. The lowest BCUT2D eigenvalue weighted by atomic mass is 9.77. The van der Waals surface area contributed by atoms with Crippen LogP contribution in [0.3, 0.4) is 0 Å².